The van der Waals surface area contributed by atoms with E-state index in [9.17, 15) is 0 Å². The second kappa shape index (κ2) is 6.66. The maximum absolute atomic E-state index is 4.62. The first-order chi connectivity index (χ1) is 9.13. The van der Waals surface area contributed by atoms with E-state index >= 15 is 0 Å². The number of nitrogens with one attached hydrogen (secondary N) is 1. The first kappa shape index (κ1) is 14.7. The summed E-state index contributed by atoms with van der Waals surface area (Å²) in [6.07, 6.45) is 1.17. The summed E-state index contributed by atoms with van der Waals surface area (Å²) in [5.41, 5.74) is 2.53. The van der Waals surface area contributed by atoms with Gasteiger partial charge in [-0.1, -0.05) is 13.8 Å². The zero-order valence-electron chi connectivity index (χ0n) is 12.6. The SMILES string of the molecule is CCCNCc1c(C)nn(C)c1N1CCSC(C)C1. The standard InChI is InChI=1S/C14H26N4S/c1-5-6-15-9-13-12(3)16-17(4)14(13)18-7-8-19-11(2)10-18/h11,15H,5-10H2,1-4H3. The van der Waals surface area contributed by atoms with Gasteiger partial charge >= 0.3 is 0 Å². The van der Waals surface area contributed by atoms with E-state index in [1.165, 1.54) is 23.6 Å². The van der Waals surface area contributed by atoms with Crippen LogP contribution in [0.1, 0.15) is 31.5 Å². The first-order valence-electron chi connectivity index (χ1n) is 7.23. The highest BCUT2D eigenvalue weighted by molar-refractivity contribution is 8.00. The fraction of sp³-hybridized carbons (Fsp3) is 0.786. The average Bonchev–Trinajstić information content (AvgIpc) is 2.64. The molecule has 0 bridgehead atoms. The van der Waals surface area contributed by atoms with Crippen molar-refractivity contribution in [1.82, 2.24) is 15.1 Å². The second-order valence-electron chi connectivity index (χ2n) is 5.32. The van der Waals surface area contributed by atoms with Crippen LogP contribution in [0.25, 0.3) is 0 Å². The summed E-state index contributed by atoms with van der Waals surface area (Å²) in [7, 11) is 2.07. The predicted octanol–water partition coefficient (Wildman–Crippen LogP) is 2.17. The van der Waals surface area contributed by atoms with Crippen LogP contribution in [0.2, 0.25) is 0 Å². The Labute approximate surface area is 120 Å². The Morgan fingerprint density at radius 2 is 2.26 bits per heavy atom. The highest BCUT2D eigenvalue weighted by Crippen LogP contribution is 2.28. The molecule has 0 radical (unpaired) electrons. The van der Waals surface area contributed by atoms with Crippen molar-refractivity contribution >= 4 is 17.6 Å². The third kappa shape index (κ3) is 3.45. The number of hydrogen-bond acceptors (Lipinski definition) is 4. The smallest absolute Gasteiger partial charge is 0.131 e. The van der Waals surface area contributed by atoms with Gasteiger partial charge in [0.15, 0.2) is 0 Å². The lowest BCUT2D eigenvalue weighted by Crippen LogP contribution is -2.38. The molecule has 108 valence electrons. The molecule has 19 heavy (non-hydrogen) atoms. The van der Waals surface area contributed by atoms with Gasteiger partial charge < -0.3 is 10.2 Å². The maximum Gasteiger partial charge on any atom is 0.131 e. The molecule has 0 amide bonds. The van der Waals surface area contributed by atoms with Crippen molar-refractivity contribution in [2.75, 3.05) is 30.3 Å². The van der Waals surface area contributed by atoms with Gasteiger partial charge in [0.2, 0.25) is 0 Å². The number of aromatic nitrogens is 2. The Kier molecular flexibility index (Phi) is 5.16. The zero-order chi connectivity index (χ0) is 13.8. The maximum atomic E-state index is 4.62. The van der Waals surface area contributed by atoms with Crippen molar-refractivity contribution in [1.29, 1.82) is 0 Å². The number of rotatable bonds is 5. The van der Waals surface area contributed by atoms with Crippen LogP contribution >= 0.6 is 11.8 Å². The summed E-state index contributed by atoms with van der Waals surface area (Å²) < 4.78 is 2.06. The quantitative estimate of drug-likeness (QED) is 0.839. The van der Waals surface area contributed by atoms with Crippen molar-refractivity contribution in [3.8, 4) is 0 Å². The Morgan fingerprint density at radius 3 is 2.95 bits per heavy atom. The van der Waals surface area contributed by atoms with Crippen molar-refractivity contribution < 1.29 is 0 Å². The van der Waals surface area contributed by atoms with Crippen molar-refractivity contribution in [3.63, 3.8) is 0 Å². The first-order valence-corrected chi connectivity index (χ1v) is 8.28. The molecule has 1 aromatic heterocycles. The van der Waals surface area contributed by atoms with E-state index in [4.69, 9.17) is 0 Å². The molecule has 0 aliphatic carbocycles. The zero-order valence-corrected chi connectivity index (χ0v) is 13.4. The molecule has 1 atom stereocenters. The van der Waals surface area contributed by atoms with Gasteiger partial charge in [-0.25, -0.2) is 0 Å². The third-order valence-corrected chi connectivity index (χ3v) is 4.72. The molecule has 0 aromatic carbocycles. The van der Waals surface area contributed by atoms with Crippen LogP contribution in [0.3, 0.4) is 0 Å². The summed E-state index contributed by atoms with van der Waals surface area (Å²) in [4.78, 5) is 2.50. The van der Waals surface area contributed by atoms with Crippen molar-refractivity contribution in [2.45, 2.75) is 39.0 Å². The topological polar surface area (TPSA) is 33.1 Å². The van der Waals surface area contributed by atoms with E-state index in [1.807, 2.05) is 0 Å². The molecular weight excluding hydrogens is 256 g/mol. The Hall–Kier alpha value is -0.680. The molecule has 1 N–H and O–H groups in total. The summed E-state index contributed by atoms with van der Waals surface area (Å²) in [6, 6.07) is 0. The van der Waals surface area contributed by atoms with E-state index in [-0.39, 0.29) is 0 Å². The molecule has 2 heterocycles. The fourth-order valence-corrected chi connectivity index (χ4v) is 3.71. The molecule has 5 heteroatoms. The van der Waals surface area contributed by atoms with Gasteiger partial charge in [-0.05, 0) is 19.9 Å². The number of thioether (sulfide) groups is 1. The average molecular weight is 282 g/mol. The molecule has 1 aromatic rings. The van der Waals surface area contributed by atoms with Crippen LogP contribution in [0, 0.1) is 6.92 Å². The van der Waals surface area contributed by atoms with Crippen LogP contribution in [0.4, 0.5) is 5.82 Å². The summed E-state index contributed by atoms with van der Waals surface area (Å²) in [5.74, 6) is 2.53. The predicted molar refractivity (Wildman–Crippen MR) is 84.1 cm³/mol. The number of hydrogen-bond donors (Lipinski definition) is 1. The van der Waals surface area contributed by atoms with Gasteiger partial charge in [-0.3, -0.25) is 4.68 Å². The van der Waals surface area contributed by atoms with Gasteiger partial charge in [-0.15, -0.1) is 0 Å². The van der Waals surface area contributed by atoms with Gasteiger partial charge in [-0.2, -0.15) is 16.9 Å². The van der Waals surface area contributed by atoms with E-state index in [2.05, 4.69) is 59.6 Å². The van der Waals surface area contributed by atoms with E-state index < -0.39 is 0 Å². The van der Waals surface area contributed by atoms with Crippen LogP contribution in [-0.4, -0.2) is 40.4 Å². The minimum Gasteiger partial charge on any atom is -0.355 e. The molecule has 1 saturated heterocycles. The Bertz CT molecular complexity index is 416. The Balaban J connectivity index is 2.17. The molecule has 1 aliphatic rings. The third-order valence-electron chi connectivity index (χ3n) is 3.58. The second-order valence-corrected chi connectivity index (χ2v) is 6.86. The molecule has 2 rings (SSSR count). The molecule has 0 saturated carbocycles. The lowest BCUT2D eigenvalue weighted by atomic mass is 10.2. The highest BCUT2D eigenvalue weighted by Gasteiger charge is 2.23. The van der Waals surface area contributed by atoms with Crippen LogP contribution < -0.4 is 10.2 Å². The molecule has 1 unspecified atom stereocenters. The number of aryl methyl sites for hydroxylation is 2. The van der Waals surface area contributed by atoms with Crippen molar-refractivity contribution in [2.24, 2.45) is 7.05 Å². The van der Waals surface area contributed by atoms with Gasteiger partial charge in [0.05, 0.1) is 5.69 Å². The van der Waals surface area contributed by atoms with Gasteiger partial charge in [0.1, 0.15) is 5.82 Å². The minimum absolute atomic E-state index is 0.709. The molecule has 0 spiro atoms. The van der Waals surface area contributed by atoms with Crippen LogP contribution in [-0.2, 0) is 13.6 Å². The normalized spacial score (nSPS) is 20.0. The summed E-state index contributed by atoms with van der Waals surface area (Å²) in [5, 5.41) is 8.84. The van der Waals surface area contributed by atoms with Crippen molar-refractivity contribution in [3.05, 3.63) is 11.3 Å². The van der Waals surface area contributed by atoms with Gasteiger partial charge in [0.25, 0.3) is 0 Å². The summed E-state index contributed by atoms with van der Waals surface area (Å²) >= 11 is 2.07. The number of nitrogens with zero attached hydrogens (tertiary/aromatic N) is 3. The summed E-state index contributed by atoms with van der Waals surface area (Å²) in [6.45, 7) is 10.9. The fourth-order valence-electron chi connectivity index (χ4n) is 2.69. The van der Waals surface area contributed by atoms with Gasteiger partial charge in [0, 0.05) is 43.2 Å². The molecule has 1 aliphatic heterocycles. The minimum atomic E-state index is 0.709. The Morgan fingerprint density at radius 1 is 1.47 bits per heavy atom. The van der Waals surface area contributed by atoms with Crippen LogP contribution in [0.5, 0.6) is 0 Å². The highest BCUT2D eigenvalue weighted by atomic mass is 32.2. The molecular formula is C14H26N4S. The lowest BCUT2D eigenvalue weighted by Gasteiger charge is -2.33. The molecule has 4 nitrogen and oxygen atoms in total. The monoisotopic (exact) mass is 282 g/mol. The largest absolute Gasteiger partial charge is 0.355 e. The van der Waals surface area contributed by atoms with E-state index in [1.54, 1.807) is 0 Å². The molecule has 1 fully saturated rings. The van der Waals surface area contributed by atoms with Crippen LogP contribution in [0.15, 0.2) is 0 Å². The number of anilines is 1. The lowest BCUT2D eigenvalue weighted by molar-refractivity contribution is 0.663. The van der Waals surface area contributed by atoms with E-state index in [0.29, 0.717) is 5.25 Å². The van der Waals surface area contributed by atoms with E-state index in [0.717, 1.165) is 31.9 Å².